The fourth-order valence-corrected chi connectivity index (χ4v) is 6.19. The number of rotatable bonds is 2. The maximum atomic E-state index is 13.0. The number of carbonyl (C=O) groups is 1. The third-order valence-corrected chi connectivity index (χ3v) is 6.68. The Hall–Kier alpha value is -1.02. The molecule has 4 saturated carbocycles. The van der Waals surface area contributed by atoms with Crippen LogP contribution in [0.25, 0.3) is 0 Å². The van der Waals surface area contributed by atoms with Crippen LogP contribution >= 0.6 is 11.6 Å². The summed E-state index contributed by atoms with van der Waals surface area (Å²) in [7, 11) is 0. The molecule has 0 spiro atoms. The molecule has 4 aliphatic rings. The molecule has 1 N–H and O–H groups in total. The first-order chi connectivity index (χ1) is 10.4. The summed E-state index contributed by atoms with van der Waals surface area (Å²) in [4.78, 5) is 12.9. The van der Waals surface area contributed by atoms with E-state index in [0.29, 0.717) is 11.8 Å². The molecule has 2 nitrogen and oxygen atoms in total. The Labute approximate surface area is 137 Å². The summed E-state index contributed by atoms with van der Waals surface area (Å²) in [5, 5.41) is 3.19. The van der Waals surface area contributed by atoms with Gasteiger partial charge in [-0.1, -0.05) is 6.07 Å². The number of hydrogen-bond donors (Lipinski definition) is 1. The van der Waals surface area contributed by atoms with Crippen LogP contribution in [0.1, 0.15) is 49.7 Å². The number of benzene rings is 1. The van der Waals surface area contributed by atoms with Crippen molar-refractivity contribution >= 4 is 23.2 Å². The van der Waals surface area contributed by atoms with Gasteiger partial charge in [-0.15, -0.1) is 11.6 Å². The van der Waals surface area contributed by atoms with E-state index in [1.165, 1.54) is 17.5 Å². The van der Waals surface area contributed by atoms with E-state index in [2.05, 4.69) is 31.3 Å². The second kappa shape index (κ2) is 4.74. The van der Waals surface area contributed by atoms with Crippen molar-refractivity contribution in [2.75, 3.05) is 5.32 Å². The summed E-state index contributed by atoms with van der Waals surface area (Å²) < 4.78 is 0. The van der Waals surface area contributed by atoms with Gasteiger partial charge in [-0.25, -0.2) is 0 Å². The van der Waals surface area contributed by atoms with E-state index >= 15 is 0 Å². The van der Waals surface area contributed by atoms with Crippen LogP contribution in [-0.2, 0) is 4.79 Å². The van der Waals surface area contributed by atoms with Crippen LogP contribution in [0.5, 0.6) is 0 Å². The highest BCUT2D eigenvalue weighted by Gasteiger charge is 2.60. The van der Waals surface area contributed by atoms with Crippen LogP contribution in [0.4, 0.5) is 5.69 Å². The summed E-state index contributed by atoms with van der Waals surface area (Å²) in [6.07, 6.45) is 6.45. The molecule has 0 aromatic heterocycles. The summed E-state index contributed by atoms with van der Waals surface area (Å²) in [5.41, 5.74) is 3.18. The minimum atomic E-state index is -0.218. The number of halogens is 1. The molecule has 4 fully saturated rings. The van der Waals surface area contributed by atoms with Crippen LogP contribution in [0.2, 0.25) is 0 Å². The van der Waals surface area contributed by atoms with Crippen LogP contribution in [0.3, 0.4) is 0 Å². The maximum absolute atomic E-state index is 13.0. The second-order valence-electron chi connectivity index (χ2n) is 8.15. The van der Waals surface area contributed by atoms with Gasteiger partial charge in [0, 0.05) is 10.6 Å². The Kier molecular flexibility index (Phi) is 3.14. The predicted molar refractivity (Wildman–Crippen MR) is 90.2 cm³/mol. The molecule has 4 atom stereocenters. The average molecular weight is 318 g/mol. The lowest BCUT2D eigenvalue weighted by Crippen LogP contribution is -2.57. The van der Waals surface area contributed by atoms with Gasteiger partial charge in [0.2, 0.25) is 5.91 Å². The standard InChI is InChI=1S/C19H24ClNO/c1-12-3-4-16(5-13(12)2)21-17(22)18-7-14-6-15(8-18)10-19(20,9-14)11-18/h3-5,14-15H,6-11H2,1-2H3,(H,21,22)/t14-,15+,18?,19?. The van der Waals surface area contributed by atoms with Crippen LogP contribution in [-0.4, -0.2) is 10.8 Å². The Morgan fingerprint density at radius 2 is 1.82 bits per heavy atom. The van der Waals surface area contributed by atoms with Gasteiger partial charge in [-0.3, -0.25) is 4.79 Å². The van der Waals surface area contributed by atoms with Gasteiger partial charge in [0.25, 0.3) is 0 Å². The minimum absolute atomic E-state index is 0.107. The molecule has 0 saturated heterocycles. The molecule has 0 aliphatic heterocycles. The van der Waals surface area contributed by atoms with Gasteiger partial charge >= 0.3 is 0 Å². The average Bonchev–Trinajstić information content (AvgIpc) is 2.40. The van der Waals surface area contributed by atoms with Gasteiger partial charge in [0.1, 0.15) is 0 Å². The first kappa shape index (κ1) is 14.6. The van der Waals surface area contributed by atoms with Gasteiger partial charge < -0.3 is 5.32 Å². The van der Waals surface area contributed by atoms with E-state index in [1.807, 2.05) is 6.07 Å². The Morgan fingerprint density at radius 1 is 1.14 bits per heavy atom. The largest absolute Gasteiger partial charge is 0.326 e. The van der Waals surface area contributed by atoms with Gasteiger partial charge in [0.05, 0.1) is 5.41 Å². The molecule has 1 amide bonds. The molecule has 4 bridgehead atoms. The third-order valence-electron chi connectivity index (χ3n) is 6.24. The highest BCUT2D eigenvalue weighted by molar-refractivity contribution is 6.24. The van der Waals surface area contributed by atoms with Crippen molar-refractivity contribution in [3.05, 3.63) is 29.3 Å². The number of nitrogens with one attached hydrogen (secondary N) is 1. The van der Waals surface area contributed by atoms with E-state index < -0.39 is 0 Å². The molecule has 3 heteroatoms. The zero-order chi connectivity index (χ0) is 15.5. The number of hydrogen-bond acceptors (Lipinski definition) is 1. The van der Waals surface area contributed by atoms with E-state index in [9.17, 15) is 4.79 Å². The number of anilines is 1. The fourth-order valence-electron chi connectivity index (χ4n) is 5.50. The Bertz CT molecular complexity index is 624. The third kappa shape index (κ3) is 2.27. The molecule has 1 aromatic carbocycles. The summed E-state index contributed by atoms with van der Waals surface area (Å²) >= 11 is 6.83. The Morgan fingerprint density at radius 3 is 2.41 bits per heavy atom. The molecular formula is C19H24ClNO. The molecule has 4 aliphatic carbocycles. The molecule has 1 aromatic rings. The maximum Gasteiger partial charge on any atom is 0.230 e. The number of aryl methyl sites for hydroxylation is 2. The molecule has 0 radical (unpaired) electrons. The summed E-state index contributed by atoms with van der Waals surface area (Å²) in [5.74, 6) is 1.52. The highest BCUT2D eigenvalue weighted by Crippen LogP contribution is 2.64. The van der Waals surface area contributed by atoms with Crippen LogP contribution < -0.4 is 5.32 Å². The smallest absolute Gasteiger partial charge is 0.230 e. The van der Waals surface area contributed by atoms with Crippen LogP contribution in [0, 0.1) is 31.1 Å². The second-order valence-corrected chi connectivity index (χ2v) is 8.95. The Balaban J connectivity index is 1.58. The summed E-state index contributed by atoms with van der Waals surface area (Å²) in [6.45, 7) is 4.18. The zero-order valence-corrected chi connectivity index (χ0v) is 14.2. The molecule has 22 heavy (non-hydrogen) atoms. The minimum Gasteiger partial charge on any atom is -0.326 e. The van der Waals surface area contributed by atoms with Gasteiger partial charge in [-0.2, -0.15) is 0 Å². The van der Waals surface area contributed by atoms with Gasteiger partial charge in [-0.05, 0) is 87.5 Å². The van der Waals surface area contributed by atoms with Gasteiger partial charge in [0.15, 0.2) is 0 Å². The molecular weight excluding hydrogens is 294 g/mol. The predicted octanol–water partition coefficient (Wildman–Crippen LogP) is 4.82. The van der Waals surface area contributed by atoms with E-state index in [1.54, 1.807) is 0 Å². The van der Waals surface area contributed by atoms with E-state index in [-0.39, 0.29) is 16.2 Å². The van der Waals surface area contributed by atoms with Crippen molar-refractivity contribution in [1.82, 2.24) is 0 Å². The lowest BCUT2D eigenvalue weighted by atomic mass is 9.49. The summed E-state index contributed by atoms with van der Waals surface area (Å²) in [6, 6.07) is 6.16. The van der Waals surface area contributed by atoms with E-state index in [4.69, 9.17) is 11.6 Å². The van der Waals surface area contributed by atoms with Crippen molar-refractivity contribution in [2.24, 2.45) is 17.3 Å². The SMILES string of the molecule is Cc1ccc(NC(=O)C23C[C@@H]4C[C@@H](CC(Cl)(C4)C2)C3)cc1C. The quantitative estimate of drug-likeness (QED) is 0.778. The van der Waals surface area contributed by atoms with Crippen molar-refractivity contribution in [3.8, 4) is 0 Å². The van der Waals surface area contributed by atoms with Crippen molar-refractivity contribution in [1.29, 1.82) is 0 Å². The number of carbonyl (C=O) groups excluding carboxylic acids is 1. The molecule has 2 unspecified atom stereocenters. The van der Waals surface area contributed by atoms with Crippen molar-refractivity contribution < 1.29 is 4.79 Å². The van der Waals surface area contributed by atoms with E-state index in [0.717, 1.165) is 37.8 Å². The zero-order valence-electron chi connectivity index (χ0n) is 13.4. The molecule has 0 heterocycles. The first-order valence-electron chi connectivity index (χ1n) is 8.45. The fraction of sp³-hybridized carbons (Fsp3) is 0.632. The number of amides is 1. The lowest BCUT2D eigenvalue weighted by molar-refractivity contribution is -0.138. The first-order valence-corrected chi connectivity index (χ1v) is 8.83. The molecule has 118 valence electrons. The highest BCUT2D eigenvalue weighted by atomic mass is 35.5. The number of alkyl halides is 1. The monoisotopic (exact) mass is 317 g/mol. The van der Waals surface area contributed by atoms with Crippen LogP contribution in [0.15, 0.2) is 18.2 Å². The normalized spacial score (nSPS) is 39.0. The lowest BCUT2D eigenvalue weighted by Gasteiger charge is -2.59. The van der Waals surface area contributed by atoms with Crippen molar-refractivity contribution in [3.63, 3.8) is 0 Å². The molecule has 5 rings (SSSR count). The topological polar surface area (TPSA) is 29.1 Å². The van der Waals surface area contributed by atoms with Crippen molar-refractivity contribution in [2.45, 2.75) is 57.2 Å².